The van der Waals surface area contributed by atoms with E-state index in [-0.39, 0.29) is 18.7 Å². The van der Waals surface area contributed by atoms with Gasteiger partial charge in [-0.2, -0.15) is 0 Å². The van der Waals surface area contributed by atoms with Gasteiger partial charge in [0.05, 0.1) is 6.61 Å². The highest BCUT2D eigenvalue weighted by Crippen LogP contribution is 2.21. The minimum absolute atomic E-state index is 0.0516. The maximum atomic E-state index is 12.4. The van der Waals surface area contributed by atoms with Crippen LogP contribution < -0.4 is 5.32 Å². The maximum Gasteiger partial charge on any atom is 0.317 e. The summed E-state index contributed by atoms with van der Waals surface area (Å²) in [7, 11) is 0. The Balaban J connectivity index is 1.58. The normalized spacial score (nSPS) is 24.5. The third kappa shape index (κ3) is 4.73. The summed E-state index contributed by atoms with van der Waals surface area (Å²) in [4.78, 5) is 16.7. The molecule has 25 heavy (non-hydrogen) atoms. The number of piperidine rings is 1. The van der Waals surface area contributed by atoms with E-state index in [9.17, 15) is 9.90 Å². The van der Waals surface area contributed by atoms with Gasteiger partial charge in [0.15, 0.2) is 0 Å². The molecule has 0 radical (unpaired) electrons. The monoisotopic (exact) mass is 345 g/mol. The number of nitrogens with one attached hydrogen (secondary N) is 1. The molecule has 138 valence electrons. The van der Waals surface area contributed by atoms with Crippen LogP contribution in [0.2, 0.25) is 0 Å². The summed E-state index contributed by atoms with van der Waals surface area (Å²) in [5, 5.41) is 12.6. The zero-order chi connectivity index (χ0) is 17.6. The van der Waals surface area contributed by atoms with Crippen molar-refractivity contribution in [3.05, 3.63) is 35.4 Å². The predicted molar refractivity (Wildman–Crippen MR) is 99.2 cm³/mol. The van der Waals surface area contributed by atoms with Gasteiger partial charge in [-0.3, -0.25) is 4.90 Å². The van der Waals surface area contributed by atoms with Crippen LogP contribution in [0.4, 0.5) is 4.79 Å². The van der Waals surface area contributed by atoms with Gasteiger partial charge >= 0.3 is 6.03 Å². The molecule has 5 nitrogen and oxygen atoms in total. The van der Waals surface area contributed by atoms with E-state index in [0.29, 0.717) is 12.5 Å². The van der Waals surface area contributed by atoms with Gasteiger partial charge in [-0.15, -0.1) is 0 Å². The maximum absolute atomic E-state index is 12.4. The van der Waals surface area contributed by atoms with Gasteiger partial charge in [0.2, 0.25) is 0 Å². The van der Waals surface area contributed by atoms with Gasteiger partial charge in [0, 0.05) is 32.2 Å². The smallest absolute Gasteiger partial charge is 0.317 e. The van der Waals surface area contributed by atoms with Crippen molar-refractivity contribution < 1.29 is 9.90 Å². The molecule has 2 atom stereocenters. The molecular weight excluding hydrogens is 314 g/mol. The van der Waals surface area contributed by atoms with Crippen molar-refractivity contribution in [2.75, 3.05) is 26.2 Å². The molecule has 2 aliphatic heterocycles. The summed E-state index contributed by atoms with van der Waals surface area (Å²) in [6.45, 7) is 6.62. The Morgan fingerprint density at radius 2 is 1.96 bits per heavy atom. The lowest BCUT2D eigenvalue weighted by Crippen LogP contribution is -2.44. The van der Waals surface area contributed by atoms with Crippen LogP contribution in [0.25, 0.3) is 0 Å². The van der Waals surface area contributed by atoms with E-state index in [1.165, 1.54) is 17.5 Å². The highest BCUT2D eigenvalue weighted by atomic mass is 16.3. The van der Waals surface area contributed by atoms with Gasteiger partial charge < -0.3 is 15.3 Å². The first-order chi connectivity index (χ1) is 12.2. The van der Waals surface area contributed by atoms with Crippen LogP contribution in [-0.2, 0) is 13.1 Å². The van der Waals surface area contributed by atoms with E-state index in [4.69, 9.17) is 0 Å². The summed E-state index contributed by atoms with van der Waals surface area (Å²) in [5.74, 6) is 0.595. The molecule has 3 rings (SSSR count). The van der Waals surface area contributed by atoms with E-state index < -0.39 is 0 Å². The highest BCUT2D eigenvalue weighted by molar-refractivity contribution is 5.74. The lowest BCUT2D eigenvalue weighted by Gasteiger charge is -2.31. The van der Waals surface area contributed by atoms with Crippen molar-refractivity contribution in [2.24, 2.45) is 5.92 Å². The number of likely N-dealkylation sites (tertiary alicyclic amines) is 2. The standard InChI is InChI=1S/C20H31N3O2/c1-16-6-4-11-23(13-16)20(25)21-12-17-7-2-3-8-18(17)14-22-10-5-9-19(22)15-24/h2-3,7-8,16,19,24H,4-6,9-15H2,1H3,(H,21,25)/t16-,19+/m1/s1. The van der Waals surface area contributed by atoms with Crippen LogP contribution in [0.15, 0.2) is 24.3 Å². The number of nitrogens with zero attached hydrogens (tertiary/aromatic N) is 2. The van der Waals surface area contributed by atoms with Crippen molar-refractivity contribution in [2.45, 2.75) is 51.7 Å². The SMILES string of the molecule is C[C@@H]1CCCN(C(=O)NCc2ccccc2CN2CCC[C@H]2CO)C1. The number of carbonyl (C=O) groups is 1. The Labute approximate surface area is 151 Å². The highest BCUT2D eigenvalue weighted by Gasteiger charge is 2.24. The second-order valence-corrected chi connectivity index (χ2v) is 7.57. The number of urea groups is 1. The molecule has 1 aromatic rings. The van der Waals surface area contributed by atoms with Gasteiger partial charge in [-0.1, -0.05) is 31.2 Å². The fourth-order valence-corrected chi connectivity index (χ4v) is 4.07. The van der Waals surface area contributed by atoms with Crippen LogP contribution in [0.1, 0.15) is 43.7 Å². The molecular formula is C20H31N3O2. The molecule has 2 fully saturated rings. The molecule has 2 saturated heterocycles. The van der Waals surface area contributed by atoms with Crippen molar-refractivity contribution in [3.63, 3.8) is 0 Å². The van der Waals surface area contributed by atoms with E-state index in [1.807, 2.05) is 11.0 Å². The largest absolute Gasteiger partial charge is 0.395 e. The zero-order valence-electron chi connectivity index (χ0n) is 15.3. The summed E-state index contributed by atoms with van der Waals surface area (Å²) in [5.41, 5.74) is 2.42. The molecule has 2 N–H and O–H groups in total. The molecule has 0 aromatic heterocycles. The average molecular weight is 345 g/mol. The summed E-state index contributed by atoms with van der Waals surface area (Å²) in [6, 6.07) is 8.64. The van der Waals surface area contributed by atoms with Crippen LogP contribution in [0.5, 0.6) is 0 Å². The summed E-state index contributed by atoms with van der Waals surface area (Å²) >= 11 is 0. The average Bonchev–Trinajstić information content (AvgIpc) is 3.08. The van der Waals surface area contributed by atoms with Crippen molar-refractivity contribution in [3.8, 4) is 0 Å². The summed E-state index contributed by atoms with van der Waals surface area (Å²) < 4.78 is 0. The molecule has 2 aliphatic rings. The molecule has 2 heterocycles. The second kappa shape index (κ2) is 8.68. The molecule has 1 aromatic carbocycles. The number of aliphatic hydroxyl groups is 1. The third-order valence-electron chi connectivity index (χ3n) is 5.58. The Morgan fingerprint density at radius 1 is 1.20 bits per heavy atom. The van der Waals surface area contributed by atoms with Crippen LogP contribution >= 0.6 is 0 Å². The fraction of sp³-hybridized carbons (Fsp3) is 0.650. The number of hydrogen-bond donors (Lipinski definition) is 2. The first-order valence-electron chi connectivity index (χ1n) is 9.62. The molecule has 0 aliphatic carbocycles. The van der Waals surface area contributed by atoms with E-state index >= 15 is 0 Å². The van der Waals surface area contributed by atoms with E-state index in [2.05, 4.69) is 35.3 Å². The van der Waals surface area contributed by atoms with Crippen molar-refractivity contribution in [1.29, 1.82) is 0 Å². The number of rotatable bonds is 5. The molecule has 2 amide bonds. The molecule has 0 saturated carbocycles. The predicted octanol–water partition coefficient (Wildman–Crippen LogP) is 2.58. The van der Waals surface area contributed by atoms with Crippen molar-refractivity contribution in [1.82, 2.24) is 15.1 Å². The van der Waals surface area contributed by atoms with Crippen LogP contribution in [0, 0.1) is 5.92 Å². The fourth-order valence-electron chi connectivity index (χ4n) is 4.07. The van der Waals surface area contributed by atoms with E-state index in [0.717, 1.165) is 45.4 Å². The van der Waals surface area contributed by atoms with Gasteiger partial charge in [-0.05, 0) is 49.3 Å². The van der Waals surface area contributed by atoms with Gasteiger partial charge in [0.25, 0.3) is 0 Å². The Morgan fingerprint density at radius 3 is 2.72 bits per heavy atom. The topological polar surface area (TPSA) is 55.8 Å². The minimum Gasteiger partial charge on any atom is -0.395 e. The van der Waals surface area contributed by atoms with Crippen LogP contribution in [0.3, 0.4) is 0 Å². The number of hydrogen-bond acceptors (Lipinski definition) is 3. The third-order valence-corrected chi connectivity index (χ3v) is 5.58. The lowest BCUT2D eigenvalue weighted by molar-refractivity contribution is 0.153. The molecule has 5 heteroatoms. The zero-order valence-corrected chi connectivity index (χ0v) is 15.3. The number of carbonyl (C=O) groups excluding carboxylic acids is 1. The quantitative estimate of drug-likeness (QED) is 0.862. The van der Waals surface area contributed by atoms with E-state index in [1.54, 1.807) is 0 Å². The Bertz CT molecular complexity index is 578. The number of amides is 2. The molecule has 0 bridgehead atoms. The molecule has 0 unspecified atom stereocenters. The molecule has 0 spiro atoms. The Hall–Kier alpha value is -1.59. The summed E-state index contributed by atoms with van der Waals surface area (Å²) in [6.07, 6.45) is 4.54. The lowest BCUT2D eigenvalue weighted by atomic mass is 10.0. The van der Waals surface area contributed by atoms with Gasteiger partial charge in [-0.25, -0.2) is 4.79 Å². The second-order valence-electron chi connectivity index (χ2n) is 7.57. The van der Waals surface area contributed by atoms with Crippen molar-refractivity contribution >= 4 is 6.03 Å². The number of benzene rings is 1. The first kappa shape index (κ1) is 18.2. The first-order valence-corrected chi connectivity index (χ1v) is 9.62. The Kier molecular flexibility index (Phi) is 6.32. The van der Waals surface area contributed by atoms with Gasteiger partial charge in [0.1, 0.15) is 0 Å². The number of aliphatic hydroxyl groups excluding tert-OH is 1. The van der Waals surface area contributed by atoms with Crippen LogP contribution in [-0.4, -0.2) is 53.2 Å². The minimum atomic E-state index is 0.0516.